The number of nitrogens with zero attached hydrogens (tertiary/aromatic N) is 5. The van der Waals surface area contributed by atoms with Crippen LogP contribution < -0.4 is 0 Å². The Bertz CT molecular complexity index is 1470. The highest BCUT2D eigenvalue weighted by Crippen LogP contribution is 2.36. The molecule has 2 aromatic heterocycles. The van der Waals surface area contributed by atoms with Crippen LogP contribution >= 0.6 is 0 Å². The maximum Gasteiger partial charge on any atom is 0.196 e. The Hall–Kier alpha value is -3.72. The van der Waals surface area contributed by atoms with Gasteiger partial charge in [0.2, 0.25) is 0 Å². The topological polar surface area (TPSA) is 72.6 Å². The molecule has 3 heterocycles. The van der Waals surface area contributed by atoms with E-state index in [1.54, 1.807) is 29.6 Å². The molecule has 0 saturated carbocycles. The highest BCUT2D eigenvalue weighted by molar-refractivity contribution is 6.21. The fourth-order valence-electron chi connectivity index (χ4n) is 4.52. The number of carbonyl (C=O) groups is 1. The van der Waals surface area contributed by atoms with Gasteiger partial charge in [-0.05, 0) is 56.0 Å². The van der Waals surface area contributed by atoms with Crippen LogP contribution in [-0.2, 0) is 4.74 Å². The zero-order valence-electron chi connectivity index (χ0n) is 19.8. The van der Waals surface area contributed by atoms with E-state index >= 15 is 4.39 Å². The Morgan fingerprint density at radius 1 is 1.23 bits per heavy atom. The maximum atomic E-state index is 15.0. The second-order valence-electron chi connectivity index (χ2n) is 8.92. The molecule has 0 aliphatic carbocycles. The lowest BCUT2D eigenvalue weighted by atomic mass is 9.94. The molecule has 1 fully saturated rings. The fourth-order valence-corrected chi connectivity index (χ4v) is 4.52. The summed E-state index contributed by atoms with van der Waals surface area (Å²) in [6.07, 6.45) is 6.60. The van der Waals surface area contributed by atoms with Gasteiger partial charge >= 0.3 is 0 Å². The first-order valence-corrected chi connectivity index (χ1v) is 11.5. The molecule has 0 spiro atoms. The summed E-state index contributed by atoms with van der Waals surface area (Å²) in [6, 6.07) is 6.25. The number of aliphatic imine (C=N–C) groups is 1. The second-order valence-corrected chi connectivity index (χ2v) is 8.92. The molecule has 7 nitrogen and oxygen atoms in total. The molecule has 4 aromatic rings. The molecule has 0 bridgehead atoms. The standard InChI is InChI=1S/C26H25F2N5O2/c1-15-11-18(24(30-14-32(2)3)16-7-6-9-29-23(15)16)26(34)17-12-20(27)22(28)25-19(17)13-31-33(25)21-8-4-5-10-35-21/h6-7,9,11-14,21H,4-5,8,10H2,1-3H3. The number of ketones is 1. The van der Waals surface area contributed by atoms with E-state index in [2.05, 4.69) is 15.1 Å². The smallest absolute Gasteiger partial charge is 0.196 e. The Kier molecular flexibility index (Phi) is 6.02. The van der Waals surface area contributed by atoms with Gasteiger partial charge in [0.05, 0.1) is 23.7 Å². The average Bonchev–Trinajstić information content (AvgIpc) is 3.31. The molecule has 9 heteroatoms. The van der Waals surface area contributed by atoms with E-state index in [1.807, 2.05) is 27.1 Å². The van der Waals surface area contributed by atoms with Gasteiger partial charge in [-0.1, -0.05) is 0 Å². The first-order chi connectivity index (χ1) is 16.9. The number of pyridine rings is 1. The van der Waals surface area contributed by atoms with Gasteiger partial charge in [0.1, 0.15) is 5.52 Å². The Morgan fingerprint density at radius 3 is 2.80 bits per heavy atom. The summed E-state index contributed by atoms with van der Waals surface area (Å²) in [6.45, 7) is 2.37. The maximum absolute atomic E-state index is 15.0. The predicted molar refractivity (Wildman–Crippen MR) is 130 cm³/mol. The predicted octanol–water partition coefficient (Wildman–Crippen LogP) is 5.32. The summed E-state index contributed by atoms with van der Waals surface area (Å²) < 4.78 is 37.0. The van der Waals surface area contributed by atoms with Crippen molar-refractivity contribution in [2.45, 2.75) is 32.4 Å². The van der Waals surface area contributed by atoms with Crippen LogP contribution in [0.1, 0.15) is 47.0 Å². The monoisotopic (exact) mass is 477 g/mol. The van der Waals surface area contributed by atoms with Crippen molar-refractivity contribution in [3.63, 3.8) is 0 Å². The quantitative estimate of drug-likeness (QED) is 0.221. The molecule has 180 valence electrons. The largest absolute Gasteiger partial charge is 0.369 e. The van der Waals surface area contributed by atoms with Crippen LogP contribution in [0, 0.1) is 18.6 Å². The summed E-state index contributed by atoms with van der Waals surface area (Å²) >= 11 is 0. The Balaban J connectivity index is 1.72. The highest BCUT2D eigenvalue weighted by Gasteiger charge is 2.27. The number of carbonyl (C=O) groups excluding carboxylic acids is 1. The molecule has 2 aromatic carbocycles. The lowest BCUT2D eigenvalue weighted by molar-refractivity contribution is -0.0369. The van der Waals surface area contributed by atoms with Crippen LogP contribution in [0.4, 0.5) is 14.5 Å². The minimum Gasteiger partial charge on any atom is -0.369 e. The van der Waals surface area contributed by atoms with E-state index in [-0.39, 0.29) is 22.0 Å². The number of ether oxygens (including phenoxy) is 1. The van der Waals surface area contributed by atoms with Crippen molar-refractivity contribution >= 4 is 39.6 Å². The number of hydrogen-bond donors (Lipinski definition) is 0. The van der Waals surface area contributed by atoms with Gasteiger partial charge in [0, 0.05) is 48.8 Å². The summed E-state index contributed by atoms with van der Waals surface area (Å²) in [5, 5.41) is 5.22. The van der Waals surface area contributed by atoms with Crippen LogP contribution in [0.5, 0.6) is 0 Å². The molecule has 35 heavy (non-hydrogen) atoms. The van der Waals surface area contributed by atoms with E-state index in [1.165, 1.54) is 10.9 Å². The fraction of sp³-hybridized carbons (Fsp3) is 0.308. The number of fused-ring (bicyclic) bond motifs is 2. The van der Waals surface area contributed by atoms with Gasteiger partial charge in [-0.25, -0.2) is 18.5 Å². The third-order valence-corrected chi connectivity index (χ3v) is 6.16. The molecular formula is C26H25F2N5O2. The van der Waals surface area contributed by atoms with E-state index in [0.717, 1.165) is 24.5 Å². The summed E-state index contributed by atoms with van der Waals surface area (Å²) in [5.41, 5.74) is 2.13. The van der Waals surface area contributed by atoms with Crippen LogP contribution in [0.25, 0.3) is 21.8 Å². The van der Waals surface area contributed by atoms with Crippen molar-refractivity contribution in [2.75, 3.05) is 20.7 Å². The molecule has 0 N–H and O–H groups in total. The van der Waals surface area contributed by atoms with Crippen LogP contribution in [-0.4, -0.2) is 52.5 Å². The molecule has 1 saturated heterocycles. The normalized spacial score (nSPS) is 16.4. The number of aromatic nitrogens is 3. The van der Waals surface area contributed by atoms with Gasteiger partial charge < -0.3 is 9.64 Å². The van der Waals surface area contributed by atoms with Gasteiger partial charge in [-0.2, -0.15) is 5.10 Å². The minimum absolute atomic E-state index is 0.0184. The van der Waals surface area contributed by atoms with E-state index < -0.39 is 23.6 Å². The van der Waals surface area contributed by atoms with Crippen molar-refractivity contribution < 1.29 is 18.3 Å². The number of aryl methyl sites for hydroxylation is 1. The number of rotatable bonds is 5. The van der Waals surface area contributed by atoms with Crippen LogP contribution in [0.2, 0.25) is 0 Å². The van der Waals surface area contributed by atoms with Gasteiger partial charge in [0.25, 0.3) is 0 Å². The third-order valence-electron chi connectivity index (χ3n) is 6.16. The van der Waals surface area contributed by atoms with Crippen molar-refractivity contribution in [2.24, 2.45) is 4.99 Å². The van der Waals surface area contributed by atoms with Crippen LogP contribution in [0.3, 0.4) is 0 Å². The number of hydrogen-bond acceptors (Lipinski definition) is 5. The lowest BCUT2D eigenvalue weighted by Crippen LogP contribution is -2.19. The molecule has 5 rings (SSSR count). The van der Waals surface area contributed by atoms with Crippen molar-refractivity contribution in [1.29, 1.82) is 0 Å². The van der Waals surface area contributed by atoms with Gasteiger partial charge in [-0.3, -0.25) is 9.78 Å². The van der Waals surface area contributed by atoms with Crippen molar-refractivity contribution in [3.8, 4) is 0 Å². The first kappa shape index (κ1) is 23.0. The van der Waals surface area contributed by atoms with Crippen molar-refractivity contribution in [1.82, 2.24) is 19.7 Å². The third kappa shape index (κ3) is 4.05. The number of halogens is 2. The first-order valence-electron chi connectivity index (χ1n) is 11.5. The Morgan fingerprint density at radius 2 is 2.06 bits per heavy atom. The van der Waals surface area contributed by atoms with E-state index in [0.29, 0.717) is 29.6 Å². The molecule has 0 radical (unpaired) electrons. The molecule has 1 atom stereocenters. The molecular weight excluding hydrogens is 452 g/mol. The second kappa shape index (κ2) is 9.14. The lowest BCUT2D eigenvalue weighted by Gasteiger charge is -2.23. The summed E-state index contributed by atoms with van der Waals surface area (Å²) in [5.74, 6) is -2.64. The van der Waals surface area contributed by atoms with Gasteiger partial charge in [0.15, 0.2) is 23.6 Å². The summed E-state index contributed by atoms with van der Waals surface area (Å²) in [4.78, 5) is 24.6. The zero-order valence-corrected chi connectivity index (χ0v) is 19.8. The van der Waals surface area contributed by atoms with Crippen LogP contribution in [0.15, 0.2) is 41.7 Å². The summed E-state index contributed by atoms with van der Waals surface area (Å²) in [7, 11) is 3.64. The molecule has 1 unspecified atom stereocenters. The highest BCUT2D eigenvalue weighted by atomic mass is 19.2. The van der Waals surface area contributed by atoms with E-state index in [4.69, 9.17) is 4.74 Å². The zero-order chi connectivity index (χ0) is 24.7. The SMILES string of the molecule is Cc1cc(C(=O)c2cc(F)c(F)c3c2cnn3C2CCCCO2)c(N=CN(C)C)c2cccnc12. The molecule has 1 aliphatic heterocycles. The number of benzene rings is 2. The molecule has 0 amide bonds. The van der Waals surface area contributed by atoms with Gasteiger partial charge in [-0.15, -0.1) is 0 Å². The molecule has 1 aliphatic rings. The average molecular weight is 478 g/mol. The van der Waals surface area contributed by atoms with E-state index in [9.17, 15) is 9.18 Å². The Labute approximate surface area is 201 Å². The minimum atomic E-state index is -1.11. The van der Waals surface area contributed by atoms with Crippen molar-refractivity contribution in [3.05, 3.63) is 65.0 Å².